The molecule has 0 aromatic heterocycles. The molecule has 0 spiro atoms. The lowest BCUT2D eigenvalue weighted by Gasteiger charge is -2.08. The molecule has 2 N–H and O–H groups in total. The first-order chi connectivity index (χ1) is 6.74. The van der Waals surface area contributed by atoms with E-state index in [0.29, 0.717) is 13.0 Å². The first kappa shape index (κ1) is 12.9. The minimum Gasteiger partial charge on any atom is -0.356 e. The van der Waals surface area contributed by atoms with E-state index in [0.717, 1.165) is 19.4 Å². The molecule has 0 bridgehead atoms. The van der Waals surface area contributed by atoms with Crippen molar-refractivity contribution in [1.82, 2.24) is 10.6 Å². The number of nitrogens with one attached hydrogen (secondary N) is 2. The lowest BCUT2D eigenvalue weighted by Crippen LogP contribution is -2.32. The van der Waals surface area contributed by atoms with Crippen LogP contribution >= 0.6 is 0 Å². The van der Waals surface area contributed by atoms with Gasteiger partial charge in [0.1, 0.15) is 0 Å². The zero-order valence-electron chi connectivity index (χ0n) is 8.97. The number of hydrogen-bond donors (Lipinski definition) is 2. The highest BCUT2D eigenvalue weighted by Crippen LogP contribution is 1.88. The highest BCUT2D eigenvalue weighted by molar-refractivity contribution is 5.75. The number of nitrogens with zero attached hydrogens (tertiary/aromatic N) is 1. The Hall–Kier alpha value is -1.08. The fourth-order valence-corrected chi connectivity index (χ4v) is 0.994. The molecule has 0 aromatic carbocycles. The Bertz CT molecular complexity index is 198. The number of carbonyl (C=O) groups excluding carboxylic acids is 1. The molecule has 0 saturated heterocycles. The van der Waals surface area contributed by atoms with Crippen LogP contribution in [0.25, 0.3) is 0 Å². The van der Waals surface area contributed by atoms with E-state index in [1.165, 1.54) is 0 Å². The molecule has 0 heterocycles. The number of carbonyl (C=O) groups is 1. The molecular formula is C10H19N3O. The third-order valence-corrected chi connectivity index (χ3v) is 1.88. The van der Waals surface area contributed by atoms with E-state index in [1.807, 2.05) is 13.8 Å². The van der Waals surface area contributed by atoms with Crippen LogP contribution in [0.2, 0.25) is 0 Å². The van der Waals surface area contributed by atoms with Gasteiger partial charge in [-0.15, -0.1) is 0 Å². The maximum atomic E-state index is 11.1. The second-order valence-corrected chi connectivity index (χ2v) is 3.14. The summed E-state index contributed by atoms with van der Waals surface area (Å²) in [5.74, 6) is 0.0483. The van der Waals surface area contributed by atoms with Crippen molar-refractivity contribution in [2.24, 2.45) is 0 Å². The third kappa shape index (κ3) is 6.44. The summed E-state index contributed by atoms with van der Waals surface area (Å²) in [5.41, 5.74) is 0. The summed E-state index contributed by atoms with van der Waals surface area (Å²) < 4.78 is 0. The maximum Gasteiger partial charge on any atom is 0.221 e. The van der Waals surface area contributed by atoms with Crippen LogP contribution in [-0.4, -0.2) is 25.0 Å². The van der Waals surface area contributed by atoms with Crippen LogP contribution < -0.4 is 10.6 Å². The van der Waals surface area contributed by atoms with Crippen molar-refractivity contribution in [3.8, 4) is 6.07 Å². The minimum absolute atomic E-state index is 0.0483. The SMILES string of the molecule is CCCNC(=O)CCNC(C#N)CC. The van der Waals surface area contributed by atoms with Crippen molar-refractivity contribution in [3.63, 3.8) is 0 Å². The molecule has 14 heavy (non-hydrogen) atoms. The van der Waals surface area contributed by atoms with Gasteiger partial charge in [0.25, 0.3) is 0 Å². The van der Waals surface area contributed by atoms with Crippen LogP contribution in [0.3, 0.4) is 0 Å². The van der Waals surface area contributed by atoms with E-state index < -0.39 is 0 Å². The maximum absolute atomic E-state index is 11.1. The van der Waals surface area contributed by atoms with Crippen molar-refractivity contribution >= 4 is 5.91 Å². The Labute approximate surface area is 85.7 Å². The Kier molecular flexibility index (Phi) is 7.86. The highest BCUT2D eigenvalue weighted by atomic mass is 16.1. The molecule has 1 amide bonds. The van der Waals surface area contributed by atoms with Gasteiger partial charge < -0.3 is 10.6 Å². The van der Waals surface area contributed by atoms with Crippen LogP contribution in [0.1, 0.15) is 33.1 Å². The fraction of sp³-hybridized carbons (Fsp3) is 0.800. The van der Waals surface area contributed by atoms with Crippen LogP contribution in [0, 0.1) is 11.3 Å². The lowest BCUT2D eigenvalue weighted by atomic mass is 10.2. The molecule has 0 aliphatic carbocycles. The summed E-state index contributed by atoms with van der Waals surface area (Å²) in [6.45, 7) is 5.26. The molecule has 1 unspecified atom stereocenters. The Morgan fingerprint density at radius 2 is 2.14 bits per heavy atom. The van der Waals surface area contributed by atoms with Crippen LogP contribution in [-0.2, 0) is 4.79 Å². The van der Waals surface area contributed by atoms with Gasteiger partial charge in [0.15, 0.2) is 0 Å². The van der Waals surface area contributed by atoms with Crippen LogP contribution in [0.4, 0.5) is 0 Å². The molecule has 4 heteroatoms. The summed E-state index contributed by atoms with van der Waals surface area (Å²) in [4.78, 5) is 11.1. The molecule has 1 atom stereocenters. The fourth-order valence-electron chi connectivity index (χ4n) is 0.994. The smallest absolute Gasteiger partial charge is 0.221 e. The molecule has 0 aliphatic rings. The van der Waals surface area contributed by atoms with E-state index in [-0.39, 0.29) is 11.9 Å². The Morgan fingerprint density at radius 3 is 2.64 bits per heavy atom. The van der Waals surface area contributed by atoms with Gasteiger partial charge in [0.05, 0.1) is 12.1 Å². The number of rotatable bonds is 7. The summed E-state index contributed by atoms with van der Waals surface area (Å²) in [6.07, 6.45) is 2.17. The predicted octanol–water partition coefficient (Wildman–Crippen LogP) is 0.794. The minimum atomic E-state index is -0.131. The Balaban J connectivity index is 3.44. The van der Waals surface area contributed by atoms with Crippen molar-refractivity contribution in [2.75, 3.05) is 13.1 Å². The zero-order chi connectivity index (χ0) is 10.8. The van der Waals surface area contributed by atoms with Gasteiger partial charge in [-0.3, -0.25) is 4.79 Å². The monoisotopic (exact) mass is 197 g/mol. The zero-order valence-corrected chi connectivity index (χ0v) is 8.97. The van der Waals surface area contributed by atoms with Crippen molar-refractivity contribution < 1.29 is 4.79 Å². The molecule has 0 radical (unpaired) electrons. The second-order valence-electron chi connectivity index (χ2n) is 3.14. The summed E-state index contributed by atoms with van der Waals surface area (Å²) in [6, 6.07) is 2.00. The van der Waals surface area contributed by atoms with E-state index in [4.69, 9.17) is 5.26 Å². The first-order valence-corrected chi connectivity index (χ1v) is 5.14. The predicted molar refractivity (Wildman–Crippen MR) is 55.6 cm³/mol. The first-order valence-electron chi connectivity index (χ1n) is 5.14. The van der Waals surface area contributed by atoms with E-state index in [2.05, 4.69) is 16.7 Å². The molecule has 0 aliphatic heterocycles. The highest BCUT2D eigenvalue weighted by Gasteiger charge is 2.04. The quantitative estimate of drug-likeness (QED) is 0.634. The molecule has 80 valence electrons. The number of nitriles is 1. The molecule has 0 aromatic rings. The number of amides is 1. The second kappa shape index (κ2) is 8.52. The largest absolute Gasteiger partial charge is 0.356 e. The van der Waals surface area contributed by atoms with Crippen molar-refractivity contribution in [2.45, 2.75) is 39.2 Å². The molecule has 4 nitrogen and oxygen atoms in total. The van der Waals surface area contributed by atoms with Crippen LogP contribution in [0.15, 0.2) is 0 Å². The van der Waals surface area contributed by atoms with Crippen LogP contribution in [0.5, 0.6) is 0 Å². The van der Waals surface area contributed by atoms with E-state index in [1.54, 1.807) is 0 Å². The lowest BCUT2D eigenvalue weighted by molar-refractivity contribution is -0.120. The number of hydrogen-bond acceptors (Lipinski definition) is 3. The third-order valence-electron chi connectivity index (χ3n) is 1.88. The summed E-state index contributed by atoms with van der Waals surface area (Å²) >= 11 is 0. The van der Waals surface area contributed by atoms with Crippen molar-refractivity contribution in [1.29, 1.82) is 5.26 Å². The van der Waals surface area contributed by atoms with Gasteiger partial charge >= 0.3 is 0 Å². The summed E-state index contributed by atoms with van der Waals surface area (Å²) in [7, 11) is 0. The molecule has 0 saturated carbocycles. The molecular weight excluding hydrogens is 178 g/mol. The summed E-state index contributed by atoms with van der Waals surface area (Å²) in [5, 5.41) is 14.4. The van der Waals surface area contributed by atoms with E-state index >= 15 is 0 Å². The average Bonchev–Trinajstić information content (AvgIpc) is 2.21. The van der Waals surface area contributed by atoms with Gasteiger partial charge in [-0.25, -0.2) is 0 Å². The van der Waals surface area contributed by atoms with Gasteiger partial charge in [-0.2, -0.15) is 5.26 Å². The van der Waals surface area contributed by atoms with Gasteiger partial charge in [0, 0.05) is 19.5 Å². The van der Waals surface area contributed by atoms with E-state index in [9.17, 15) is 4.79 Å². The van der Waals surface area contributed by atoms with Gasteiger partial charge in [-0.05, 0) is 12.8 Å². The van der Waals surface area contributed by atoms with Gasteiger partial charge in [-0.1, -0.05) is 13.8 Å². The Morgan fingerprint density at radius 1 is 1.43 bits per heavy atom. The molecule has 0 rings (SSSR count). The average molecular weight is 197 g/mol. The molecule has 0 fully saturated rings. The standard InChI is InChI=1S/C10H19N3O/c1-3-6-13-10(14)5-7-12-9(4-2)8-11/h9,12H,3-7H2,1-2H3,(H,13,14). The van der Waals surface area contributed by atoms with Crippen molar-refractivity contribution in [3.05, 3.63) is 0 Å². The normalized spacial score (nSPS) is 11.8. The topological polar surface area (TPSA) is 64.9 Å². The van der Waals surface area contributed by atoms with Gasteiger partial charge in [0.2, 0.25) is 5.91 Å².